The van der Waals surface area contributed by atoms with Gasteiger partial charge in [-0.2, -0.15) is 13.2 Å². The molecule has 2 heterocycles. The number of benzene rings is 2. The molecule has 9 heteroatoms. The van der Waals surface area contributed by atoms with E-state index in [1.807, 2.05) is 12.1 Å². The van der Waals surface area contributed by atoms with Crippen LogP contribution in [0, 0.1) is 0 Å². The molecule has 2 aliphatic heterocycles. The monoisotopic (exact) mass is 473 g/mol. The van der Waals surface area contributed by atoms with Crippen LogP contribution < -0.4 is 9.80 Å². The Morgan fingerprint density at radius 1 is 0.912 bits per heavy atom. The van der Waals surface area contributed by atoms with Crippen LogP contribution in [0.2, 0.25) is 0 Å². The molecule has 0 N–H and O–H groups in total. The van der Waals surface area contributed by atoms with Gasteiger partial charge < -0.3 is 14.7 Å². The molecule has 1 fully saturated rings. The summed E-state index contributed by atoms with van der Waals surface area (Å²) in [6, 6.07) is 9.50. The van der Waals surface area contributed by atoms with Crippen LogP contribution in [0.4, 0.5) is 24.5 Å². The first kappa shape index (κ1) is 23.8. The Balaban J connectivity index is 1.67. The summed E-state index contributed by atoms with van der Waals surface area (Å²) in [5.74, 6) is -0.474. The first-order valence-corrected chi connectivity index (χ1v) is 11.2. The summed E-state index contributed by atoms with van der Waals surface area (Å²) < 4.78 is 39.0. The molecule has 3 amide bonds. The first-order chi connectivity index (χ1) is 16.1. The van der Waals surface area contributed by atoms with E-state index in [9.17, 15) is 27.6 Å². The molecular weight excluding hydrogens is 447 g/mol. The minimum Gasteiger partial charge on any atom is -0.343 e. The molecule has 2 aromatic carbocycles. The predicted molar refractivity (Wildman–Crippen MR) is 122 cm³/mol. The van der Waals surface area contributed by atoms with Gasteiger partial charge in [-0.1, -0.05) is 0 Å². The molecule has 180 valence electrons. The Hall–Kier alpha value is -3.36. The second-order valence-corrected chi connectivity index (χ2v) is 8.72. The lowest BCUT2D eigenvalue weighted by atomic mass is 9.99. The van der Waals surface area contributed by atoms with Gasteiger partial charge in [0.25, 0.3) is 5.91 Å². The molecule has 6 nitrogen and oxygen atoms in total. The largest absolute Gasteiger partial charge is 0.416 e. The summed E-state index contributed by atoms with van der Waals surface area (Å²) in [5, 5.41) is 0. The van der Waals surface area contributed by atoms with E-state index in [0.29, 0.717) is 44.6 Å². The van der Waals surface area contributed by atoms with Gasteiger partial charge >= 0.3 is 6.18 Å². The van der Waals surface area contributed by atoms with Gasteiger partial charge in [0.1, 0.15) is 0 Å². The van der Waals surface area contributed by atoms with Gasteiger partial charge in [0, 0.05) is 56.5 Å². The summed E-state index contributed by atoms with van der Waals surface area (Å²) in [5.41, 5.74) is 1.74. The number of likely N-dealkylation sites (tertiary alicyclic amines) is 1. The lowest BCUT2D eigenvalue weighted by molar-refractivity contribution is -0.137. The summed E-state index contributed by atoms with van der Waals surface area (Å²) >= 11 is 0. The fourth-order valence-corrected chi connectivity index (χ4v) is 4.74. The number of fused-ring (bicyclic) bond motifs is 1. The normalized spacial score (nSPS) is 16.4. The van der Waals surface area contributed by atoms with Crippen LogP contribution >= 0.6 is 0 Å². The summed E-state index contributed by atoms with van der Waals surface area (Å²) in [6.45, 7) is 4.58. The Morgan fingerprint density at radius 3 is 2.12 bits per heavy atom. The molecule has 0 aromatic heterocycles. The minimum atomic E-state index is -4.48. The van der Waals surface area contributed by atoms with Crippen molar-refractivity contribution in [3.05, 3.63) is 59.2 Å². The number of amides is 3. The highest BCUT2D eigenvalue weighted by molar-refractivity contribution is 6.07. The third kappa shape index (κ3) is 4.64. The van der Waals surface area contributed by atoms with Crippen LogP contribution in [-0.4, -0.2) is 48.3 Å². The molecule has 0 saturated carbocycles. The van der Waals surface area contributed by atoms with E-state index in [1.54, 1.807) is 20.8 Å². The molecule has 34 heavy (non-hydrogen) atoms. The lowest BCUT2D eigenvalue weighted by Crippen LogP contribution is -2.48. The fourth-order valence-electron chi connectivity index (χ4n) is 4.74. The van der Waals surface area contributed by atoms with Crippen molar-refractivity contribution in [2.24, 2.45) is 0 Å². The highest BCUT2D eigenvalue weighted by Crippen LogP contribution is 2.35. The number of hydrogen-bond acceptors (Lipinski definition) is 3. The smallest absolute Gasteiger partial charge is 0.343 e. The molecule has 0 atom stereocenters. The Labute approximate surface area is 195 Å². The zero-order chi connectivity index (χ0) is 24.6. The zero-order valence-corrected chi connectivity index (χ0v) is 19.1. The van der Waals surface area contributed by atoms with E-state index in [0.717, 1.165) is 23.4 Å². The molecule has 2 aliphatic rings. The number of piperidine rings is 1. The zero-order valence-electron chi connectivity index (χ0n) is 19.1. The Bertz CT molecular complexity index is 1110. The molecule has 0 bridgehead atoms. The van der Waals surface area contributed by atoms with Crippen LogP contribution in [-0.2, 0) is 22.2 Å². The quantitative estimate of drug-likeness (QED) is 0.669. The number of hydrogen-bond donors (Lipinski definition) is 0. The average molecular weight is 473 g/mol. The van der Waals surface area contributed by atoms with Crippen molar-refractivity contribution in [3.8, 4) is 0 Å². The van der Waals surface area contributed by atoms with Crippen molar-refractivity contribution in [2.45, 2.75) is 45.3 Å². The molecule has 0 aliphatic carbocycles. The predicted octanol–water partition coefficient (Wildman–Crippen LogP) is 4.27. The number of nitrogens with zero attached hydrogens (tertiary/aromatic N) is 3. The van der Waals surface area contributed by atoms with Crippen molar-refractivity contribution in [3.63, 3.8) is 0 Å². The van der Waals surface area contributed by atoms with Crippen molar-refractivity contribution in [1.29, 1.82) is 0 Å². The van der Waals surface area contributed by atoms with Gasteiger partial charge in [0.05, 0.1) is 5.56 Å². The molecular formula is C25H26F3N3O3. The van der Waals surface area contributed by atoms with Gasteiger partial charge in [-0.3, -0.25) is 14.4 Å². The second kappa shape index (κ2) is 9.12. The van der Waals surface area contributed by atoms with Crippen LogP contribution in [0.5, 0.6) is 0 Å². The van der Waals surface area contributed by atoms with Gasteiger partial charge in [-0.25, -0.2) is 0 Å². The standard InChI is InChI=1S/C25H26F3N3O3/c1-16(32)29-12-10-21(11-13-29)31(24(34)18-3-5-20(6-4-18)25(26,27)28)22-7-8-23-19(15-22)9-14-30(23)17(2)33/h3-8,15,21H,9-14H2,1-2H3. The van der Waals surface area contributed by atoms with Gasteiger partial charge in [0.15, 0.2) is 0 Å². The van der Waals surface area contributed by atoms with E-state index in [2.05, 4.69) is 0 Å². The third-order valence-corrected chi connectivity index (χ3v) is 6.57. The van der Waals surface area contributed by atoms with Crippen LogP contribution in [0.3, 0.4) is 0 Å². The number of rotatable bonds is 3. The number of carbonyl (C=O) groups excluding carboxylic acids is 3. The van der Waals surface area contributed by atoms with Gasteiger partial charge in [-0.15, -0.1) is 0 Å². The Morgan fingerprint density at radius 2 is 1.56 bits per heavy atom. The van der Waals surface area contributed by atoms with Crippen molar-refractivity contribution < 1.29 is 27.6 Å². The van der Waals surface area contributed by atoms with E-state index in [4.69, 9.17) is 0 Å². The van der Waals surface area contributed by atoms with Crippen LogP contribution in [0.15, 0.2) is 42.5 Å². The lowest BCUT2D eigenvalue weighted by Gasteiger charge is -2.38. The van der Waals surface area contributed by atoms with E-state index in [1.165, 1.54) is 26.0 Å². The van der Waals surface area contributed by atoms with Crippen LogP contribution in [0.25, 0.3) is 0 Å². The van der Waals surface area contributed by atoms with E-state index >= 15 is 0 Å². The first-order valence-electron chi connectivity index (χ1n) is 11.2. The molecule has 4 rings (SSSR count). The SMILES string of the molecule is CC(=O)N1CCC(N(C(=O)c2ccc(C(F)(F)F)cc2)c2ccc3c(c2)CCN3C(C)=O)CC1. The van der Waals surface area contributed by atoms with Crippen LogP contribution in [0.1, 0.15) is 48.2 Å². The molecule has 1 saturated heterocycles. The van der Waals surface area contributed by atoms with Gasteiger partial charge in [-0.05, 0) is 67.3 Å². The minimum absolute atomic E-state index is 0.0269. The summed E-state index contributed by atoms with van der Waals surface area (Å²) in [7, 11) is 0. The third-order valence-electron chi connectivity index (χ3n) is 6.57. The van der Waals surface area contributed by atoms with Crippen molar-refractivity contribution in [2.75, 3.05) is 29.4 Å². The molecule has 2 aromatic rings. The maximum atomic E-state index is 13.6. The number of carbonyl (C=O) groups is 3. The summed E-state index contributed by atoms with van der Waals surface area (Å²) in [4.78, 5) is 42.3. The van der Waals surface area contributed by atoms with Crippen molar-refractivity contribution in [1.82, 2.24) is 4.90 Å². The number of anilines is 2. The molecule has 0 spiro atoms. The highest BCUT2D eigenvalue weighted by Gasteiger charge is 2.34. The molecule has 0 unspecified atom stereocenters. The Kier molecular flexibility index (Phi) is 6.38. The number of alkyl halides is 3. The highest BCUT2D eigenvalue weighted by atomic mass is 19.4. The fraction of sp³-hybridized carbons (Fsp3) is 0.400. The maximum Gasteiger partial charge on any atom is 0.416 e. The van der Waals surface area contributed by atoms with Crippen molar-refractivity contribution >= 4 is 29.1 Å². The summed E-state index contributed by atoms with van der Waals surface area (Å²) in [6.07, 6.45) is -2.71. The number of halogens is 3. The van der Waals surface area contributed by atoms with E-state index in [-0.39, 0.29) is 23.4 Å². The average Bonchev–Trinajstić information content (AvgIpc) is 3.23. The van der Waals surface area contributed by atoms with Gasteiger partial charge in [0.2, 0.25) is 11.8 Å². The second-order valence-electron chi connectivity index (χ2n) is 8.72. The topological polar surface area (TPSA) is 60.9 Å². The maximum absolute atomic E-state index is 13.6. The van der Waals surface area contributed by atoms with E-state index < -0.39 is 17.6 Å². The molecule has 0 radical (unpaired) electrons.